The fourth-order valence-corrected chi connectivity index (χ4v) is 3.11. The van der Waals surface area contributed by atoms with E-state index in [4.69, 9.17) is 0 Å². The topological polar surface area (TPSA) is 65.2 Å². The Balaban J connectivity index is 1.91. The summed E-state index contributed by atoms with van der Waals surface area (Å²) in [6.07, 6.45) is -10.6. The molecule has 0 N–H and O–H groups in total. The van der Waals surface area contributed by atoms with E-state index in [1.165, 1.54) is 24.3 Å². The van der Waals surface area contributed by atoms with Gasteiger partial charge in [0.05, 0.1) is 24.1 Å². The Bertz CT molecular complexity index is 1420. The van der Waals surface area contributed by atoms with Crippen LogP contribution in [0.3, 0.4) is 0 Å². The SMILES string of the molecule is FC(F)(F)C(F)(F)C(F)(F)C(F)(F)C(F)(F)C(F)(F)C(F)(F)C(F)(F)CCOc1nc2ccccc2n2nnnc12. The van der Waals surface area contributed by atoms with Crippen molar-refractivity contribution in [2.24, 2.45) is 0 Å². The van der Waals surface area contributed by atoms with Gasteiger partial charge in [0.15, 0.2) is 0 Å². The van der Waals surface area contributed by atoms with Crippen molar-refractivity contribution in [3.8, 4) is 5.88 Å². The zero-order valence-corrected chi connectivity index (χ0v) is 18.8. The zero-order valence-electron chi connectivity index (χ0n) is 18.8. The summed E-state index contributed by atoms with van der Waals surface area (Å²) in [5, 5.41) is 10.0. The van der Waals surface area contributed by atoms with E-state index in [0.717, 1.165) is 4.52 Å². The number of halogens is 17. The third kappa shape index (κ3) is 4.41. The fourth-order valence-electron chi connectivity index (χ4n) is 3.11. The predicted octanol–water partition coefficient (Wildman–Crippen LogP) is 6.45. The predicted molar refractivity (Wildman–Crippen MR) is 96.9 cm³/mol. The van der Waals surface area contributed by atoms with E-state index < -0.39 is 72.2 Å². The third-order valence-corrected chi connectivity index (χ3v) is 5.43. The molecule has 0 saturated heterocycles. The number of alkyl halides is 17. The second-order valence-corrected chi connectivity index (χ2v) is 8.07. The summed E-state index contributed by atoms with van der Waals surface area (Å²) in [7, 11) is 0. The van der Waals surface area contributed by atoms with E-state index >= 15 is 0 Å². The van der Waals surface area contributed by atoms with Gasteiger partial charge in [0.1, 0.15) is 0 Å². The van der Waals surface area contributed by atoms with Gasteiger partial charge in [-0.05, 0) is 22.6 Å². The molecule has 0 bridgehead atoms. The number of hydrogen-bond acceptors (Lipinski definition) is 5. The Kier molecular flexibility index (Phi) is 7.27. The Morgan fingerprint density at radius 1 is 0.634 bits per heavy atom. The van der Waals surface area contributed by atoms with E-state index in [2.05, 4.69) is 25.2 Å². The molecular weight excluding hydrogens is 625 g/mol. The molecule has 41 heavy (non-hydrogen) atoms. The summed E-state index contributed by atoms with van der Waals surface area (Å²) in [4.78, 5) is 3.72. The summed E-state index contributed by atoms with van der Waals surface area (Å²) >= 11 is 0. The summed E-state index contributed by atoms with van der Waals surface area (Å²) in [6, 6.07) is 5.45. The highest BCUT2D eigenvalue weighted by atomic mass is 19.4. The lowest BCUT2D eigenvalue weighted by molar-refractivity contribution is -0.461. The van der Waals surface area contributed by atoms with Crippen LogP contribution in [0.15, 0.2) is 24.3 Å². The van der Waals surface area contributed by atoms with E-state index in [1.807, 2.05) is 0 Å². The van der Waals surface area contributed by atoms with Crippen LogP contribution >= 0.6 is 0 Å². The van der Waals surface area contributed by atoms with E-state index in [-0.39, 0.29) is 11.0 Å². The molecule has 230 valence electrons. The number of para-hydroxylation sites is 2. The van der Waals surface area contributed by atoms with Crippen molar-refractivity contribution in [1.82, 2.24) is 25.0 Å². The standard InChI is InChI=1S/C18H8F17N5O/c19-11(20,5-6-41-10-9-37-38-39-40(9)8-4-2-1-3-7(8)36-10)12(21,22)13(23,24)14(25,26)15(27,28)16(29,30)17(31,32)18(33,34)35/h1-4H,5-6H2. The minimum absolute atomic E-state index is 0.0376. The molecule has 1 aromatic carbocycles. The van der Waals surface area contributed by atoms with Gasteiger partial charge in [0.25, 0.3) is 5.88 Å². The van der Waals surface area contributed by atoms with Crippen LogP contribution in [0.1, 0.15) is 6.42 Å². The number of fused-ring (bicyclic) bond motifs is 3. The molecular formula is C18H8F17N5O. The molecule has 0 atom stereocenters. The fraction of sp³-hybridized carbons (Fsp3) is 0.556. The summed E-state index contributed by atoms with van der Waals surface area (Å²) in [5.41, 5.74) is -0.375. The lowest BCUT2D eigenvalue weighted by Gasteiger charge is -2.42. The summed E-state index contributed by atoms with van der Waals surface area (Å²) in [6.45, 7) is -1.88. The number of tetrazole rings is 1. The van der Waals surface area contributed by atoms with E-state index in [9.17, 15) is 74.6 Å². The number of benzene rings is 1. The maximum atomic E-state index is 14.1. The molecule has 2 aromatic heterocycles. The maximum absolute atomic E-state index is 14.1. The van der Waals surface area contributed by atoms with Gasteiger partial charge in [-0.2, -0.15) is 79.2 Å². The minimum Gasteiger partial charge on any atom is -0.475 e. The van der Waals surface area contributed by atoms with Gasteiger partial charge in [0.2, 0.25) is 5.65 Å². The van der Waals surface area contributed by atoms with Crippen LogP contribution in [0, 0.1) is 0 Å². The molecule has 6 nitrogen and oxygen atoms in total. The van der Waals surface area contributed by atoms with Crippen LogP contribution in [0.4, 0.5) is 74.6 Å². The maximum Gasteiger partial charge on any atom is 0.460 e. The second kappa shape index (κ2) is 9.29. The van der Waals surface area contributed by atoms with Crippen molar-refractivity contribution in [3.63, 3.8) is 0 Å². The van der Waals surface area contributed by atoms with E-state index in [0.29, 0.717) is 0 Å². The highest BCUT2D eigenvalue weighted by Gasteiger charge is 2.95. The molecule has 0 spiro atoms. The van der Waals surface area contributed by atoms with Crippen molar-refractivity contribution >= 4 is 16.7 Å². The summed E-state index contributed by atoms with van der Waals surface area (Å²) in [5.74, 6) is -57.7. The molecule has 0 radical (unpaired) electrons. The van der Waals surface area contributed by atoms with Gasteiger partial charge in [-0.25, -0.2) is 4.98 Å². The van der Waals surface area contributed by atoms with Gasteiger partial charge < -0.3 is 4.74 Å². The van der Waals surface area contributed by atoms with Crippen LogP contribution in [0.5, 0.6) is 5.88 Å². The lowest BCUT2D eigenvalue weighted by atomic mass is 9.88. The van der Waals surface area contributed by atoms with Gasteiger partial charge in [-0.15, -0.1) is 5.10 Å². The molecule has 0 amide bonds. The molecule has 0 fully saturated rings. The Labute approximate surface area is 213 Å². The quantitative estimate of drug-likeness (QED) is 0.240. The van der Waals surface area contributed by atoms with Crippen molar-refractivity contribution < 1.29 is 79.4 Å². The second-order valence-electron chi connectivity index (χ2n) is 8.07. The molecule has 3 rings (SSSR count). The molecule has 23 heteroatoms. The molecule has 3 aromatic rings. The first-order chi connectivity index (χ1) is 18.3. The molecule has 0 aliphatic carbocycles. The molecule has 0 unspecified atom stereocenters. The van der Waals surface area contributed by atoms with Crippen LogP contribution < -0.4 is 4.74 Å². The van der Waals surface area contributed by atoms with E-state index in [1.54, 1.807) is 0 Å². The normalized spacial score (nSPS) is 15.1. The van der Waals surface area contributed by atoms with Gasteiger partial charge in [-0.3, -0.25) is 0 Å². The van der Waals surface area contributed by atoms with Crippen molar-refractivity contribution in [3.05, 3.63) is 24.3 Å². The summed E-state index contributed by atoms with van der Waals surface area (Å²) < 4.78 is 233. The third-order valence-electron chi connectivity index (χ3n) is 5.43. The van der Waals surface area contributed by atoms with Crippen LogP contribution in [0.2, 0.25) is 0 Å². The number of aromatic nitrogens is 5. The highest BCUT2D eigenvalue weighted by Crippen LogP contribution is 2.64. The van der Waals surface area contributed by atoms with Crippen LogP contribution in [-0.4, -0.2) is 79.3 Å². The Morgan fingerprint density at radius 2 is 1.12 bits per heavy atom. The molecule has 2 heterocycles. The first kappa shape index (κ1) is 32.1. The number of hydrogen-bond donors (Lipinski definition) is 0. The van der Waals surface area contributed by atoms with Crippen molar-refractivity contribution in [1.29, 1.82) is 0 Å². The monoisotopic (exact) mass is 633 g/mol. The minimum atomic E-state index is -8.68. The Hall–Kier alpha value is -3.43. The van der Waals surface area contributed by atoms with Crippen LogP contribution in [-0.2, 0) is 0 Å². The number of rotatable bonds is 10. The largest absolute Gasteiger partial charge is 0.475 e. The molecule has 0 aliphatic rings. The van der Waals surface area contributed by atoms with Gasteiger partial charge in [0, 0.05) is 0 Å². The van der Waals surface area contributed by atoms with Gasteiger partial charge in [-0.1, -0.05) is 12.1 Å². The number of ether oxygens (including phenoxy) is 1. The average molecular weight is 633 g/mol. The number of nitrogens with zero attached hydrogens (tertiary/aromatic N) is 5. The van der Waals surface area contributed by atoms with Gasteiger partial charge >= 0.3 is 47.6 Å². The van der Waals surface area contributed by atoms with Crippen LogP contribution in [0.25, 0.3) is 16.7 Å². The zero-order chi connectivity index (χ0) is 31.7. The molecule has 0 saturated carbocycles. The molecule has 0 aliphatic heterocycles. The highest BCUT2D eigenvalue weighted by molar-refractivity contribution is 5.78. The smallest absolute Gasteiger partial charge is 0.460 e. The first-order valence-corrected chi connectivity index (χ1v) is 10.1. The Morgan fingerprint density at radius 3 is 1.66 bits per heavy atom. The first-order valence-electron chi connectivity index (χ1n) is 10.1. The average Bonchev–Trinajstić information content (AvgIpc) is 3.33. The van der Waals surface area contributed by atoms with Crippen molar-refractivity contribution in [2.45, 2.75) is 54.1 Å². The lowest BCUT2D eigenvalue weighted by Crippen LogP contribution is -2.74. The van der Waals surface area contributed by atoms with Crippen molar-refractivity contribution in [2.75, 3.05) is 6.61 Å².